The van der Waals surface area contributed by atoms with Gasteiger partial charge in [-0.1, -0.05) is 36.1 Å². The Bertz CT molecular complexity index is 1320. The summed E-state index contributed by atoms with van der Waals surface area (Å²) in [5, 5.41) is 26.6. The lowest BCUT2D eigenvalue weighted by Gasteiger charge is -2.17. The molecule has 0 aliphatic rings. The average Bonchev–Trinajstić information content (AvgIpc) is 3.39. The van der Waals surface area contributed by atoms with Crippen molar-refractivity contribution in [3.05, 3.63) is 74.7 Å². The Kier molecular flexibility index (Phi) is 10.4. The van der Waals surface area contributed by atoms with Gasteiger partial charge in [0.1, 0.15) is 6.04 Å². The number of carboxylic acid groups (broad SMARTS) is 1. The van der Waals surface area contributed by atoms with E-state index in [1.807, 2.05) is 18.2 Å². The van der Waals surface area contributed by atoms with Gasteiger partial charge < -0.3 is 32.6 Å². The zero-order chi connectivity index (χ0) is 26.1. The van der Waals surface area contributed by atoms with Crippen LogP contribution in [0.4, 0.5) is 5.95 Å². The Morgan fingerprint density at radius 1 is 1.11 bits per heavy atom. The third-order valence-electron chi connectivity index (χ3n) is 4.99. The maximum absolute atomic E-state index is 12.8. The molecule has 192 valence electrons. The monoisotopic (exact) mass is 521 g/mol. The number of aryl methyl sites for hydroxylation is 2. The number of aromatic nitrogens is 2. The first-order valence-electron chi connectivity index (χ1n) is 10.8. The fourth-order valence-electron chi connectivity index (χ4n) is 3.24. The molecule has 0 fully saturated rings. The SMILES string of the molecule is Cc1nc(NCC#Cc2ccccc2C=N)nc(C)c1C(=O)N[C@@H](CNC(=O)c1cccs1)C(=O)O.N. The van der Waals surface area contributed by atoms with E-state index in [0.29, 0.717) is 21.8 Å². The normalized spacial score (nSPS) is 10.6. The van der Waals surface area contributed by atoms with Crippen LogP contribution in [0.3, 0.4) is 0 Å². The second-order valence-corrected chi connectivity index (χ2v) is 8.48. The second-order valence-electron chi connectivity index (χ2n) is 7.53. The number of carbonyl (C=O) groups is 3. The van der Waals surface area contributed by atoms with E-state index in [4.69, 9.17) is 5.41 Å². The van der Waals surface area contributed by atoms with E-state index in [0.717, 1.165) is 5.56 Å². The number of nitrogens with zero attached hydrogens (tertiary/aromatic N) is 2. The van der Waals surface area contributed by atoms with Crippen molar-refractivity contribution in [1.82, 2.24) is 26.8 Å². The van der Waals surface area contributed by atoms with Crippen LogP contribution in [-0.4, -0.2) is 58.2 Å². The fraction of sp³-hybridized carbons (Fsp3) is 0.200. The second kappa shape index (κ2) is 13.5. The van der Waals surface area contributed by atoms with Crippen LogP contribution >= 0.6 is 11.3 Å². The van der Waals surface area contributed by atoms with E-state index in [1.54, 1.807) is 37.4 Å². The van der Waals surface area contributed by atoms with Gasteiger partial charge >= 0.3 is 5.97 Å². The molecular formula is C25H27N7O4S. The lowest BCUT2D eigenvalue weighted by Crippen LogP contribution is -2.48. The number of thiophene rings is 1. The number of hydrogen-bond acceptors (Lipinski definition) is 9. The maximum Gasteiger partial charge on any atom is 0.328 e. The molecule has 0 bridgehead atoms. The number of carbonyl (C=O) groups excluding carboxylic acids is 2. The van der Waals surface area contributed by atoms with Crippen molar-refractivity contribution < 1.29 is 19.5 Å². The Hall–Kier alpha value is -4.60. The number of amides is 2. The molecule has 3 rings (SSSR count). The highest BCUT2D eigenvalue weighted by Gasteiger charge is 2.24. The van der Waals surface area contributed by atoms with E-state index in [1.165, 1.54) is 17.6 Å². The predicted octanol–water partition coefficient (Wildman–Crippen LogP) is 2.39. The van der Waals surface area contributed by atoms with Crippen LogP contribution in [0.15, 0.2) is 41.8 Å². The van der Waals surface area contributed by atoms with Gasteiger partial charge in [0.2, 0.25) is 5.95 Å². The number of hydrogen-bond donors (Lipinski definition) is 6. The summed E-state index contributed by atoms with van der Waals surface area (Å²) in [6.07, 6.45) is 1.24. The fourth-order valence-corrected chi connectivity index (χ4v) is 3.88. The van der Waals surface area contributed by atoms with Crippen LogP contribution in [0.2, 0.25) is 0 Å². The van der Waals surface area contributed by atoms with Gasteiger partial charge in [-0.3, -0.25) is 9.59 Å². The van der Waals surface area contributed by atoms with Gasteiger partial charge in [0.25, 0.3) is 11.8 Å². The van der Waals surface area contributed by atoms with Gasteiger partial charge in [0.15, 0.2) is 0 Å². The van der Waals surface area contributed by atoms with Crippen molar-refractivity contribution in [3.8, 4) is 11.8 Å². The number of benzene rings is 1. The molecule has 0 radical (unpaired) electrons. The minimum atomic E-state index is -1.34. The highest BCUT2D eigenvalue weighted by molar-refractivity contribution is 7.12. The smallest absolute Gasteiger partial charge is 0.328 e. The zero-order valence-corrected chi connectivity index (χ0v) is 21.1. The lowest BCUT2D eigenvalue weighted by molar-refractivity contribution is -0.139. The molecule has 0 aliphatic carbocycles. The van der Waals surface area contributed by atoms with Crippen molar-refractivity contribution in [2.45, 2.75) is 19.9 Å². The largest absolute Gasteiger partial charge is 0.480 e. The zero-order valence-electron chi connectivity index (χ0n) is 20.3. The summed E-state index contributed by atoms with van der Waals surface area (Å²) >= 11 is 1.23. The van der Waals surface area contributed by atoms with E-state index in [2.05, 4.69) is 37.8 Å². The molecule has 0 saturated heterocycles. The highest BCUT2D eigenvalue weighted by atomic mass is 32.1. The first kappa shape index (κ1) is 28.6. The van der Waals surface area contributed by atoms with Gasteiger partial charge in [-0.25, -0.2) is 14.8 Å². The lowest BCUT2D eigenvalue weighted by atomic mass is 10.1. The standard InChI is InChI=1S/C25H24N6O4S.H3N/c1-15-21(23(33)31-19(24(34)35)14-28-22(32)20-10-6-12-36-20)16(2)30-25(29-15)27-11-5-9-17-7-3-4-8-18(17)13-26;/h3-4,6-8,10,12-13,19,26H,11,14H2,1-2H3,(H,28,32)(H,31,33)(H,34,35)(H,27,29,30);1H3/t19-;/m0./s1. The van der Waals surface area contributed by atoms with E-state index >= 15 is 0 Å². The first-order valence-corrected chi connectivity index (χ1v) is 11.7. The molecule has 2 heterocycles. The molecule has 0 unspecified atom stereocenters. The highest BCUT2D eigenvalue weighted by Crippen LogP contribution is 2.13. The van der Waals surface area contributed by atoms with Crippen molar-refractivity contribution in [2.75, 3.05) is 18.4 Å². The van der Waals surface area contributed by atoms with E-state index in [9.17, 15) is 19.5 Å². The van der Waals surface area contributed by atoms with Crippen molar-refractivity contribution in [3.63, 3.8) is 0 Å². The number of aliphatic carboxylic acids is 1. The minimum absolute atomic E-state index is 0. The van der Waals surface area contributed by atoms with Crippen LogP contribution in [0.25, 0.3) is 0 Å². The Morgan fingerprint density at radius 3 is 2.43 bits per heavy atom. The van der Waals surface area contributed by atoms with E-state index in [-0.39, 0.29) is 30.8 Å². The quantitative estimate of drug-likeness (QED) is 0.182. The average molecular weight is 522 g/mol. The summed E-state index contributed by atoms with van der Waals surface area (Å²) in [7, 11) is 0. The molecular weight excluding hydrogens is 494 g/mol. The van der Waals surface area contributed by atoms with Gasteiger partial charge in [0.05, 0.1) is 28.4 Å². The molecule has 0 spiro atoms. The summed E-state index contributed by atoms with van der Waals surface area (Å²) < 4.78 is 0. The Morgan fingerprint density at radius 2 is 1.81 bits per heavy atom. The molecule has 8 N–H and O–H groups in total. The third kappa shape index (κ3) is 7.69. The summed E-state index contributed by atoms with van der Waals surface area (Å²) in [5.41, 5.74) is 2.32. The number of rotatable bonds is 9. The Balaban J connectivity index is 0.00000481. The topological polar surface area (TPSA) is 192 Å². The molecule has 12 heteroatoms. The molecule has 37 heavy (non-hydrogen) atoms. The summed E-state index contributed by atoms with van der Waals surface area (Å²) in [5.74, 6) is 3.85. The third-order valence-corrected chi connectivity index (χ3v) is 5.86. The van der Waals surface area contributed by atoms with Crippen molar-refractivity contribution >= 4 is 41.3 Å². The van der Waals surface area contributed by atoms with Crippen molar-refractivity contribution in [2.24, 2.45) is 0 Å². The van der Waals surface area contributed by atoms with Crippen molar-refractivity contribution in [1.29, 1.82) is 5.41 Å². The number of anilines is 1. The van der Waals surface area contributed by atoms with Gasteiger partial charge in [0, 0.05) is 23.9 Å². The molecule has 2 aromatic heterocycles. The minimum Gasteiger partial charge on any atom is -0.480 e. The molecule has 11 nitrogen and oxygen atoms in total. The maximum atomic E-state index is 12.8. The van der Waals surface area contributed by atoms with Gasteiger partial charge in [-0.2, -0.15) is 0 Å². The molecule has 3 aromatic rings. The van der Waals surface area contributed by atoms with Crippen LogP contribution in [-0.2, 0) is 4.79 Å². The van der Waals surface area contributed by atoms with Crippen LogP contribution in [0.5, 0.6) is 0 Å². The molecule has 1 aromatic carbocycles. The predicted molar refractivity (Wildman–Crippen MR) is 142 cm³/mol. The Labute approximate surface area is 217 Å². The van der Waals surface area contributed by atoms with Crippen LogP contribution in [0.1, 0.15) is 42.5 Å². The summed E-state index contributed by atoms with van der Waals surface area (Å²) in [4.78, 5) is 45.6. The molecule has 0 saturated carbocycles. The summed E-state index contributed by atoms with van der Waals surface area (Å²) in [6, 6.07) is 9.30. The molecule has 0 aliphatic heterocycles. The number of nitrogens with one attached hydrogen (secondary N) is 4. The van der Waals surface area contributed by atoms with Gasteiger partial charge in [-0.15, -0.1) is 11.3 Å². The summed E-state index contributed by atoms with van der Waals surface area (Å²) in [6.45, 7) is 3.20. The van der Waals surface area contributed by atoms with Gasteiger partial charge in [-0.05, 0) is 31.4 Å². The molecule has 2 amide bonds. The molecule has 1 atom stereocenters. The van der Waals surface area contributed by atoms with Crippen LogP contribution in [0, 0.1) is 31.1 Å². The van der Waals surface area contributed by atoms with Crippen LogP contribution < -0.4 is 22.1 Å². The first-order chi connectivity index (χ1) is 17.3. The number of carboxylic acids is 1. The van der Waals surface area contributed by atoms with E-state index < -0.39 is 23.8 Å².